The molecule has 0 amide bonds. The number of hydrogen-bond acceptors (Lipinski definition) is 5. The molecular weight excluding hydrogens is 436 g/mol. The molecule has 0 fully saturated rings. The molecule has 0 saturated heterocycles. The number of ether oxygens (including phenoxy) is 1. The van der Waals surface area contributed by atoms with Crippen LogP contribution in [0.4, 0.5) is 10.5 Å². The summed E-state index contributed by atoms with van der Waals surface area (Å²) in [6, 6.07) is 12.7. The average molecular weight is 450 g/mol. The highest BCUT2D eigenvalue weighted by Crippen LogP contribution is 2.21. The van der Waals surface area contributed by atoms with E-state index in [0.29, 0.717) is 15.2 Å². The Kier molecular flexibility index (Phi) is 6.65. The zero-order chi connectivity index (χ0) is 18.4. The lowest BCUT2D eigenvalue weighted by atomic mass is 10.3. The maximum absolute atomic E-state index is 12.5. The van der Waals surface area contributed by atoms with Crippen molar-refractivity contribution in [1.29, 1.82) is 0 Å². The maximum atomic E-state index is 12.5. The first-order valence-corrected chi connectivity index (χ1v) is 9.58. The molecule has 1 atom stereocenters. The topological polar surface area (TPSA) is 105 Å². The summed E-state index contributed by atoms with van der Waals surface area (Å²) < 4.78 is 32.4. The SMILES string of the molecule is O=C(O)OCC(Nc1ccc(Cl)cc1)NS(=O)(=O)c1ccccc1Br. The first kappa shape index (κ1) is 19.5. The van der Waals surface area contributed by atoms with Gasteiger partial charge in [0, 0.05) is 15.2 Å². The first-order chi connectivity index (χ1) is 11.8. The molecule has 0 aliphatic heterocycles. The summed E-state index contributed by atoms with van der Waals surface area (Å²) in [4.78, 5) is 10.7. The fraction of sp³-hybridized carbons (Fsp3) is 0.133. The molecule has 0 aliphatic carbocycles. The highest BCUT2D eigenvalue weighted by atomic mass is 79.9. The number of sulfonamides is 1. The number of anilines is 1. The van der Waals surface area contributed by atoms with Crippen LogP contribution in [0.15, 0.2) is 57.9 Å². The molecule has 7 nitrogen and oxygen atoms in total. The molecule has 0 bridgehead atoms. The second kappa shape index (κ2) is 8.52. The van der Waals surface area contributed by atoms with Crippen molar-refractivity contribution in [3.05, 3.63) is 58.0 Å². The Morgan fingerprint density at radius 3 is 2.44 bits per heavy atom. The second-order valence-corrected chi connectivity index (χ2v) is 7.81. The van der Waals surface area contributed by atoms with Crippen LogP contribution in [0.3, 0.4) is 0 Å². The van der Waals surface area contributed by atoms with Gasteiger partial charge in [0.2, 0.25) is 10.0 Å². The van der Waals surface area contributed by atoms with Crippen molar-refractivity contribution in [2.75, 3.05) is 11.9 Å². The number of hydrogen-bond donors (Lipinski definition) is 3. The molecule has 25 heavy (non-hydrogen) atoms. The normalized spacial score (nSPS) is 12.4. The predicted octanol–water partition coefficient (Wildman–Crippen LogP) is 3.51. The summed E-state index contributed by atoms with van der Waals surface area (Å²) in [6.45, 7) is -0.429. The van der Waals surface area contributed by atoms with E-state index in [2.05, 4.69) is 30.7 Å². The number of carboxylic acid groups (broad SMARTS) is 1. The third-order valence-corrected chi connectivity index (χ3v) is 5.72. The first-order valence-electron chi connectivity index (χ1n) is 6.92. The molecule has 0 saturated carbocycles. The van der Waals surface area contributed by atoms with Crippen molar-refractivity contribution in [1.82, 2.24) is 4.72 Å². The predicted molar refractivity (Wildman–Crippen MR) is 97.3 cm³/mol. The van der Waals surface area contributed by atoms with E-state index >= 15 is 0 Å². The Balaban J connectivity index is 2.21. The number of halogens is 2. The van der Waals surface area contributed by atoms with E-state index in [1.54, 1.807) is 42.5 Å². The van der Waals surface area contributed by atoms with Crippen LogP contribution >= 0.6 is 27.5 Å². The number of benzene rings is 2. The Morgan fingerprint density at radius 2 is 1.84 bits per heavy atom. The van der Waals surface area contributed by atoms with E-state index in [9.17, 15) is 13.2 Å². The smallest absolute Gasteiger partial charge is 0.450 e. The molecule has 3 N–H and O–H groups in total. The van der Waals surface area contributed by atoms with Gasteiger partial charge in [0.1, 0.15) is 12.8 Å². The summed E-state index contributed by atoms with van der Waals surface area (Å²) in [5.41, 5.74) is 0.540. The van der Waals surface area contributed by atoms with Crippen LogP contribution in [0.2, 0.25) is 5.02 Å². The van der Waals surface area contributed by atoms with Gasteiger partial charge in [-0.05, 0) is 52.3 Å². The van der Waals surface area contributed by atoms with Crippen LogP contribution in [0.5, 0.6) is 0 Å². The van der Waals surface area contributed by atoms with Crippen molar-refractivity contribution in [2.45, 2.75) is 11.1 Å². The number of carbonyl (C=O) groups is 1. The van der Waals surface area contributed by atoms with E-state index in [-0.39, 0.29) is 4.90 Å². The van der Waals surface area contributed by atoms with Gasteiger partial charge in [-0.3, -0.25) is 0 Å². The van der Waals surface area contributed by atoms with Crippen molar-refractivity contribution in [3.8, 4) is 0 Å². The van der Waals surface area contributed by atoms with Crippen LogP contribution in [0, 0.1) is 0 Å². The monoisotopic (exact) mass is 448 g/mol. The van der Waals surface area contributed by atoms with E-state index in [0.717, 1.165) is 0 Å². The Hall–Kier alpha value is -1.81. The summed E-state index contributed by atoms with van der Waals surface area (Å²) in [5.74, 6) is 0. The van der Waals surface area contributed by atoms with Crippen LogP contribution in [0.1, 0.15) is 0 Å². The Morgan fingerprint density at radius 1 is 1.20 bits per heavy atom. The lowest BCUT2D eigenvalue weighted by Gasteiger charge is -2.21. The zero-order valence-corrected chi connectivity index (χ0v) is 15.8. The van der Waals surface area contributed by atoms with Gasteiger partial charge in [-0.2, -0.15) is 4.72 Å². The number of nitrogens with one attached hydrogen (secondary N) is 2. The van der Waals surface area contributed by atoms with Crippen molar-refractivity contribution in [2.24, 2.45) is 0 Å². The van der Waals surface area contributed by atoms with Crippen LogP contribution in [0.25, 0.3) is 0 Å². The van der Waals surface area contributed by atoms with E-state index < -0.39 is 29.0 Å². The van der Waals surface area contributed by atoms with E-state index in [1.165, 1.54) is 6.07 Å². The lowest BCUT2D eigenvalue weighted by Crippen LogP contribution is -2.44. The van der Waals surface area contributed by atoms with Gasteiger partial charge < -0.3 is 15.2 Å². The maximum Gasteiger partial charge on any atom is 0.505 e. The molecule has 0 heterocycles. The fourth-order valence-corrected chi connectivity index (χ4v) is 4.18. The molecule has 0 radical (unpaired) electrons. The molecule has 0 spiro atoms. The minimum absolute atomic E-state index is 0.0215. The van der Waals surface area contributed by atoms with Crippen LogP contribution in [-0.2, 0) is 14.8 Å². The molecule has 10 heteroatoms. The molecule has 1 unspecified atom stereocenters. The van der Waals surface area contributed by atoms with Gasteiger partial charge in [-0.25, -0.2) is 13.2 Å². The standard InChI is InChI=1S/C15H14BrClN2O5S/c16-12-3-1-2-4-13(12)25(22,23)19-14(9-24-15(20)21)18-11-7-5-10(17)6-8-11/h1-8,14,18-19H,9H2,(H,20,21). The van der Waals surface area contributed by atoms with Crippen LogP contribution < -0.4 is 10.0 Å². The highest BCUT2D eigenvalue weighted by Gasteiger charge is 2.23. The summed E-state index contributed by atoms with van der Waals surface area (Å²) >= 11 is 8.99. The van der Waals surface area contributed by atoms with Gasteiger partial charge in [0.25, 0.3) is 0 Å². The third-order valence-electron chi connectivity index (χ3n) is 2.98. The van der Waals surface area contributed by atoms with Crippen molar-refractivity contribution in [3.63, 3.8) is 0 Å². The highest BCUT2D eigenvalue weighted by molar-refractivity contribution is 9.10. The van der Waals surface area contributed by atoms with Gasteiger partial charge >= 0.3 is 6.16 Å². The van der Waals surface area contributed by atoms with Gasteiger partial charge in [0.15, 0.2) is 0 Å². The minimum atomic E-state index is -3.92. The minimum Gasteiger partial charge on any atom is -0.450 e. The second-order valence-electron chi connectivity index (χ2n) is 4.83. The average Bonchev–Trinajstić information content (AvgIpc) is 2.54. The molecular formula is C15H14BrClN2O5S. The van der Waals surface area contributed by atoms with Crippen LogP contribution in [-0.4, -0.2) is 32.5 Å². The van der Waals surface area contributed by atoms with E-state index in [1.807, 2.05) is 0 Å². The van der Waals surface area contributed by atoms with Gasteiger partial charge in [0.05, 0.1) is 4.90 Å². The summed E-state index contributed by atoms with van der Waals surface area (Å²) in [5, 5.41) is 12.0. The van der Waals surface area contributed by atoms with Gasteiger partial charge in [-0.15, -0.1) is 0 Å². The molecule has 2 aromatic carbocycles. The van der Waals surface area contributed by atoms with Crippen molar-refractivity contribution < 1.29 is 23.1 Å². The van der Waals surface area contributed by atoms with Crippen molar-refractivity contribution >= 4 is 49.4 Å². The van der Waals surface area contributed by atoms with E-state index in [4.69, 9.17) is 16.7 Å². The Bertz CT molecular complexity index is 845. The largest absolute Gasteiger partial charge is 0.505 e. The quantitative estimate of drug-likeness (QED) is 0.441. The van der Waals surface area contributed by atoms with Gasteiger partial charge in [-0.1, -0.05) is 23.7 Å². The molecule has 2 rings (SSSR count). The fourth-order valence-electron chi connectivity index (χ4n) is 1.92. The zero-order valence-electron chi connectivity index (χ0n) is 12.6. The summed E-state index contributed by atoms with van der Waals surface area (Å²) in [7, 11) is -3.92. The Labute approximate surface area is 158 Å². The molecule has 134 valence electrons. The number of rotatable bonds is 7. The third kappa shape index (κ3) is 5.89. The lowest BCUT2D eigenvalue weighted by molar-refractivity contribution is 0.0870. The molecule has 0 aromatic heterocycles. The molecule has 2 aromatic rings. The molecule has 0 aliphatic rings. The summed E-state index contributed by atoms with van der Waals surface area (Å²) in [6.07, 6.45) is -2.53.